The van der Waals surface area contributed by atoms with Crippen LogP contribution in [-0.2, 0) is 6.42 Å². The van der Waals surface area contributed by atoms with Crippen molar-refractivity contribution in [3.05, 3.63) is 65.7 Å². The molecule has 100 valence electrons. The zero-order chi connectivity index (χ0) is 13.9. The molecule has 0 fully saturated rings. The summed E-state index contributed by atoms with van der Waals surface area (Å²) in [6, 6.07) is 14.1. The van der Waals surface area contributed by atoms with Gasteiger partial charge in [0.05, 0.1) is 5.56 Å². The molecule has 2 N–H and O–H groups in total. The number of nitrogens with two attached hydrogens (primary N) is 1. The van der Waals surface area contributed by atoms with Crippen molar-refractivity contribution in [3.8, 4) is 11.5 Å². The summed E-state index contributed by atoms with van der Waals surface area (Å²) >= 11 is 0. The fraction of sp³-hybridized carbons (Fsp3) is 0.0667. The average molecular weight is 269 g/mol. The van der Waals surface area contributed by atoms with E-state index in [1.165, 1.54) is 12.1 Å². The fourth-order valence-electron chi connectivity index (χ4n) is 1.92. The van der Waals surface area contributed by atoms with E-state index < -0.39 is 5.82 Å². The van der Waals surface area contributed by atoms with Gasteiger partial charge in [-0.15, -0.1) is 0 Å². The van der Waals surface area contributed by atoms with Gasteiger partial charge in [-0.05, 0) is 23.8 Å². The number of nitrogen functional groups attached to an aromatic ring is 1. The third-order valence-electron chi connectivity index (χ3n) is 2.90. The minimum atomic E-state index is -0.472. The van der Waals surface area contributed by atoms with E-state index in [-0.39, 0.29) is 11.5 Å². The molecule has 0 unspecified atom stereocenters. The third kappa shape index (κ3) is 2.51. The van der Waals surface area contributed by atoms with Crippen LogP contribution in [0.25, 0.3) is 11.5 Å². The quantitative estimate of drug-likeness (QED) is 0.742. The molecule has 0 aliphatic carbocycles. The van der Waals surface area contributed by atoms with E-state index >= 15 is 0 Å². The van der Waals surface area contributed by atoms with Crippen molar-refractivity contribution >= 4 is 5.69 Å². The number of hydrogen-bond donors (Lipinski definition) is 1. The Labute approximate surface area is 115 Å². The molecule has 3 aromatic rings. The summed E-state index contributed by atoms with van der Waals surface area (Å²) < 4.78 is 18.9. The van der Waals surface area contributed by atoms with Crippen LogP contribution in [0.4, 0.5) is 10.1 Å². The van der Waals surface area contributed by atoms with Crippen molar-refractivity contribution in [2.45, 2.75) is 6.42 Å². The molecule has 5 heteroatoms. The lowest BCUT2D eigenvalue weighted by molar-refractivity contribution is 0.421. The van der Waals surface area contributed by atoms with Crippen LogP contribution in [0.2, 0.25) is 0 Å². The maximum atomic E-state index is 13.8. The maximum Gasteiger partial charge on any atom is 0.260 e. The first-order valence-corrected chi connectivity index (χ1v) is 6.14. The summed E-state index contributed by atoms with van der Waals surface area (Å²) in [6.07, 6.45) is 0.543. The highest BCUT2D eigenvalue weighted by molar-refractivity contribution is 5.58. The predicted molar refractivity (Wildman–Crippen MR) is 73.4 cm³/mol. The zero-order valence-electron chi connectivity index (χ0n) is 10.6. The highest BCUT2D eigenvalue weighted by Crippen LogP contribution is 2.23. The number of rotatable bonds is 3. The summed E-state index contributed by atoms with van der Waals surface area (Å²) in [5, 5.41) is 3.87. The molecule has 3 rings (SSSR count). The smallest absolute Gasteiger partial charge is 0.260 e. The predicted octanol–water partition coefficient (Wildman–Crippen LogP) is 3.05. The molecule has 0 aliphatic rings. The number of anilines is 1. The first kappa shape index (κ1) is 12.3. The van der Waals surface area contributed by atoms with E-state index in [1.54, 1.807) is 6.07 Å². The second kappa shape index (κ2) is 5.13. The number of halogens is 1. The number of nitrogens with zero attached hydrogens (tertiary/aromatic N) is 2. The molecule has 0 bridgehead atoms. The van der Waals surface area contributed by atoms with E-state index in [4.69, 9.17) is 10.3 Å². The highest BCUT2D eigenvalue weighted by Gasteiger charge is 2.13. The molecule has 0 atom stereocenters. The Morgan fingerprint density at radius 3 is 2.65 bits per heavy atom. The molecule has 1 aromatic heterocycles. The average Bonchev–Trinajstić information content (AvgIpc) is 2.88. The Bertz CT molecular complexity index is 725. The minimum Gasteiger partial charge on any atom is -0.399 e. The normalized spacial score (nSPS) is 10.7. The molecule has 0 spiro atoms. The van der Waals surface area contributed by atoms with E-state index in [0.29, 0.717) is 17.9 Å². The lowest BCUT2D eigenvalue weighted by Gasteiger charge is -1.98. The minimum absolute atomic E-state index is 0.161. The zero-order valence-corrected chi connectivity index (χ0v) is 10.6. The van der Waals surface area contributed by atoms with E-state index in [2.05, 4.69) is 10.1 Å². The first-order valence-electron chi connectivity index (χ1n) is 6.14. The van der Waals surface area contributed by atoms with Crippen molar-refractivity contribution in [3.63, 3.8) is 0 Å². The second-order valence-electron chi connectivity index (χ2n) is 4.42. The van der Waals surface area contributed by atoms with Crippen LogP contribution in [-0.4, -0.2) is 10.1 Å². The molecule has 0 aliphatic heterocycles. The number of benzene rings is 2. The van der Waals surface area contributed by atoms with Crippen molar-refractivity contribution in [1.29, 1.82) is 0 Å². The van der Waals surface area contributed by atoms with Gasteiger partial charge in [-0.1, -0.05) is 35.5 Å². The van der Waals surface area contributed by atoms with Gasteiger partial charge in [-0.2, -0.15) is 4.98 Å². The largest absolute Gasteiger partial charge is 0.399 e. The van der Waals surface area contributed by atoms with Crippen LogP contribution in [0.5, 0.6) is 0 Å². The van der Waals surface area contributed by atoms with Gasteiger partial charge < -0.3 is 10.3 Å². The summed E-state index contributed by atoms with van der Waals surface area (Å²) in [5.41, 5.74) is 7.19. The number of hydrogen-bond acceptors (Lipinski definition) is 4. The standard InChI is InChI=1S/C15H12FN3O/c16-13-9-11(17)6-7-12(13)15-18-14(19-20-15)8-10-4-2-1-3-5-10/h1-7,9H,8,17H2. The SMILES string of the molecule is Nc1ccc(-c2nc(Cc3ccccc3)no2)c(F)c1. The van der Waals surface area contributed by atoms with Gasteiger partial charge in [0.1, 0.15) is 5.82 Å². The molecule has 4 nitrogen and oxygen atoms in total. The van der Waals surface area contributed by atoms with Crippen LogP contribution in [0.3, 0.4) is 0 Å². The lowest BCUT2D eigenvalue weighted by atomic mass is 10.1. The molecule has 20 heavy (non-hydrogen) atoms. The van der Waals surface area contributed by atoms with Crippen LogP contribution < -0.4 is 5.73 Å². The van der Waals surface area contributed by atoms with Crippen molar-refractivity contribution < 1.29 is 8.91 Å². The molecular formula is C15H12FN3O. The number of aromatic nitrogens is 2. The Kier molecular flexibility index (Phi) is 3.16. The van der Waals surface area contributed by atoms with Crippen LogP contribution >= 0.6 is 0 Å². The fourth-order valence-corrected chi connectivity index (χ4v) is 1.92. The van der Waals surface area contributed by atoms with Crippen molar-refractivity contribution in [2.75, 3.05) is 5.73 Å². The Morgan fingerprint density at radius 2 is 1.90 bits per heavy atom. The van der Waals surface area contributed by atoms with Gasteiger partial charge >= 0.3 is 0 Å². The monoisotopic (exact) mass is 269 g/mol. The van der Waals surface area contributed by atoms with Gasteiger partial charge in [0.25, 0.3) is 5.89 Å². The second-order valence-corrected chi connectivity index (χ2v) is 4.42. The van der Waals surface area contributed by atoms with Crippen LogP contribution in [0.15, 0.2) is 53.1 Å². The molecule has 2 aromatic carbocycles. The third-order valence-corrected chi connectivity index (χ3v) is 2.90. The highest BCUT2D eigenvalue weighted by atomic mass is 19.1. The van der Waals surface area contributed by atoms with E-state index in [9.17, 15) is 4.39 Å². The van der Waals surface area contributed by atoms with Crippen molar-refractivity contribution in [2.24, 2.45) is 0 Å². The van der Waals surface area contributed by atoms with Gasteiger partial charge in [0.15, 0.2) is 5.82 Å². The van der Waals surface area contributed by atoms with Gasteiger partial charge in [0.2, 0.25) is 0 Å². The summed E-state index contributed by atoms with van der Waals surface area (Å²) in [5.74, 6) is 0.204. The molecule has 1 heterocycles. The molecule has 0 saturated carbocycles. The summed E-state index contributed by atoms with van der Waals surface area (Å²) in [6.45, 7) is 0. The first-order chi connectivity index (χ1) is 9.72. The summed E-state index contributed by atoms with van der Waals surface area (Å²) in [4.78, 5) is 4.21. The summed E-state index contributed by atoms with van der Waals surface area (Å²) in [7, 11) is 0. The van der Waals surface area contributed by atoms with Gasteiger partial charge in [-0.25, -0.2) is 4.39 Å². The molecule has 0 radical (unpaired) electrons. The Morgan fingerprint density at radius 1 is 1.10 bits per heavy atom. The Balaban J connectivity index is 1.87. The Hall–Kier alpha value is -2.69. The van der Waals surface area contributed by atoms with Gasteiger partial charge in [0, 0.05) is 12.1 Å². The topological polar surface area (TPSA) is 64.9 Å². The molecular weight excluding hydrogens is 257 g/mol. The maximum absolute atomic E-state index is 13.8. The van der Waals surface area contributed by atoms with E-state index in [0.717, 1.165) is 5.56 Å². The van der Waals surface area contributed by atoms with Crippen molar-refractivity contribution in [1.82, 2.24) is 10.1 Å². The molecule has 0 amide bonds. The van der Waals surface area contributed by atoms with Gasteiger partial charge in [-0.3, -0.25) is 0 Å². The molecule has 0 saturated heterocycles. The van der Waals surface area contributed by atoms with Crippen LogP contribution in [0, 0.1) is 5.82 Å². The van der Waals surface area contributed by atoms with Crippen LogP contribution in [0.1, 0.15) is 11.4 Å². The van der Waals surface area contributed by atoms with E-state index in [1.807, 2.05) is 30.3 Å². The lowest BCUT2D eigenvalue weighted by Crippen LogP contribution is -1.91.